The lowest BCUT2D eigenvalue weighted by atomic mass is 9.82. The molecule has 0 N–H and O–H groups in total. The molecule has 1 saturated heterocycles. The molecule has 1 aromatic heterocycles. The second-order valence-corrected chi connectivity index (χ2v) is 7.22. The molecule has 0 spiro atoms. The molecule has 0 bridgehead atoms. The van der Waals surface area contributed by atoms with Gasteiger partial charge in [-0.3, -0.25) is 4.68 Å². The number of hydrogen-bond acceptors (Lipinski definition) is 3. The van der Waals surface area contributed by atoms with Crippen LogP contribution >= 0.6 is 0 Å². The lowest BCUT2D eigenvalue weighted by Crippen LogP contribution is -2.41. The van der Waals surface area contributed by atoms with E-state index >= 15 is 0 Å². The van der Waals surface area contributed by atoms with Crippen LogP contribution in [0, 0.1) is 12.3 Å². The molecule has 4 nitrogen and oxygen atoms in total. The predicted molar refractivity (Wildman–Crippen MR) is 77.1 cm³/mol. The molecule has 0 aliphatic carbocycles. The number of hydrogen-bond donors (Lipinski definition) is 0. The van der Waals surface area contributed by atoms with Crippen LogP contribution in [-0.4, -0.2) is 28.1 Å². The van der Waals surface area contributed by atoms with Crippen molar-refractivity contribution in [3.05, 3.63) is 19.3 Å². The van der Waals surface area contributed by atoms with Crippen molar-refractivity contribution in [1.82, 2.24) is 9.78 Å². The zero-order valence-electron chi connectivity index (χ0n) is 12.9. The third-order valence-electron chi connectivity index (χ3n) is 3.77. The third kappa shape index (κ3) is 3.03. The summed E-state index contributed by atoms with van der Waals surface area (Å²) in [4.78, 5) is 0. The Balaban J connectivity index is 2.13. The monoisotopic (exact) mass is 263 g/mol. The Kier molecular flexibility index (Phi) is 3.34. The van der Waals surface area contributed by atoms with Gasteiger partial charge < -0.3 is 9.31 Å². The van der Waals surface area contributed by atoms with E-state index in [1.165, 1.54) is 0 Å². The van der Waals surface area contributed by atoms with Crippen molar-refractivity contribution in [1.29, 1.82) is 0 Å². The summed E-state index contributed by atoms with van der Waals surface area (Å²) in [5, 5.41) is 4.36. The van der Waals surface area contributed by atoms with Crippen molar-refractivity contribution in [2.75, 3.05) is 0 Å². The summed E-state index contributed by atoms with van der Waals surface area (Å²) >= 11 is 0. The lowest BCUT2D eigenvalue weighted by Gasteiger charge is -2.32. The van der Waals surface area contributed by atoms with E-state index in [2.05, 4.69) is 53.6 Å². The minimum absolute atomic E-state index is 0.0424. The standard InChI is InChI=1S/C14H24BN2O2/c1-12(2,3)10-17-9-11(8-16-17)15-18-13(4,5)14(6,7)19-15/h8-9H,1,10H2,2-7H3. The molecule has 1 aliphatic heterocycles. The molecule has 0 saturated carbocycles. The van der Waals surface area contributed by atoms with Crippen LogP contribution in [0.2, 0.25) is 0 Å². The van der Waals surface area contributed by atoms with Gasteiger partial charge in [0.25, 0.3) is 0 Å². The van der Waals surface area contributed by atoms with E-state index in [4.69, 9.17) is 9.31 Å². The van der Waals surface area contributed by atoms with E-state index in [-0.39, 0.29) is 23.7 Å². The van der Waals surface area contributed by atoms with Crippen LogP contribution in [0.5, 0.6) is 0 Å². The molecular formula is C14H24BN2O2. The Bertz CT molecular complexity index is 444. The molecule has 0 unspecified atom stereocenters. The molecule has 2 heterocycles. The average molecular weight is 263 g/mol. The van der Waals surface area contributed by atoms with Gasteiger partial charge in [0.15, 0.2) is 0 Å². The van der Waals surface area contributed by atoms with E-state index < -0.39 is 0 Å². The van der Waals surface area contributed by atoms with E-state index in [0.29, 0.717) is 0 Å². The van der Waals surface area contributed by atoms with Gasteiger partial charge in [-0.25, -0.2) is 0 Å². The van der Waals surface area contributed by atoms with Gasteiger partial charge in [0.1, 0.15) is 0 Å². The maximum atomic E-state index is 6.00. The lowest BCUT2D eigenvalue weighted by molar-refractivity contribution is 0.00578. The normalized spacial score (nSPS) is 21.9. The summed E-state index contributed by atoms with van der Waals surface area (Å²) < 4.78 is 13.9. The van der Waals surface area contributed by atoms with Gasteiger partial charge in [-0.2, -0.15) is 5.10 Å². The molecule has 0 atom stereocenters. The topological polar surface area (TPSA) is 36.3 Å². The van der Waals surface area contributed by atoms with Gasteiger partial charge in [-0.15, -0.1) is 0 Å². The molecule has 0 amide bonds. The van der Waals surface area contributed by atoms with Crippen LogP contribution in [-0.2, 0) is 15.9 Å². The van der Waals surface area contributed by atoms with Crippen LogP contribution in [0.4, 0.5) is 0 Å². The average Bonchev–Trinajstić information content (AvgIpc) is 2.68. The van der Waals surface area contributed by atoms with Crippen LogP contribution in [0.15, 0.2) is 12.4 Å². The van der Waals surface area contributed by atoms with Crippen molar-refractivity contribution in [2.24, 2.45) is 5.41 Å². The van der Waals surface area contributed by atoms with Crippen LogP contribution < -0.4 is 5.46 Å². The fourth-order valence-electron chi connectivity index (χ4n) is 2.01. The SMILES string of the molecule is [CH2]C(C)(C)Cn1cc(B2OC(C)(C)C(C)(C)O2)cn1. The molecule has 19 heavy (non-hydrogen) atoms. The molecule has 1 fully saturated rings. The molecular weight excluding hydrogens is 239 g/mol. The molecule has 1 aliphatic rings. The summed E-state index contributed by atoms with van der Waals surface area (Å²) in [7, 11) is -0.341. The van der Waals surface area contributed by atoms with Gasteiger partial charge in [0.05, 0.1) is 11.2 Å². The zero-order chi connectivity index (χ0) is 14.5. The smallest absolute Gasteiger partial charge is 0.399 e. The first-order chi connectivity index (χ1) is 8.50. The Morgan fingerprint density at radius 2 is 1.79 bits per heavy atom. The summed E-state index contributed by atoms with van der Waals surface area (Å²) in [6.07, 6.45) is 3.79. The van der Waals surface area contributed by atoms with Gasteiger partial charge >= 0.3 is 7.12 Å². The molecule has 5 heteroatoms. The quantitative estimate of drug-likeness (QED) is 0.783. The van der Waals surface area contributed by atoms with Crippen LogP contribution in [0.3, 0.4) is 0 Å². The number of aromatic nitrogens is 2. The molecule has 105 valence electrons. The van der Waals surface area contributed by atoms with E-state index in [0.717, 1.165) is 12.0 Å². The van der Waals surface area contributed by atoms with Crippen molar-refractivity contribution >= 4 is 12.6 Å². The second kappa shape index (κ2) is 4.35. The number of nitrogens with zero attached hydrogens (tertiary/aromatic N) is 2. The Morgan fingerprint density at radius 1 is 1.26 bits per heavy atom. The molecule has 0 aromatic carbocycles. The fraction of sp³-hybridized carbons (Fsp3) is 0.714. The van der Waals surface area contributed by atoms with E-state index in [1.807, 2.05) is 17.1 Å². The highest BCUT2D eigenvalue weighted by atomic mass is 16.7. The largest absolute Gasteiger partial charge is 0.498 e. The fourth-order valence-corrected chi connectivity index (χ4v) is 2.01. The molecule has 1 radical (unpaired) electrons. The highest BCUT2D eigenvalue weighted by Gasteiger charge is 2.52. The van der Waals surface area contributed by atoms with Gasteiger partial charge in [-0.05, 0) is 40.0 Å². The maximum Gasteiger partial charge on any atom is 0.498 e. The Hall–Kier alpha value is -0.805. The third-order valence-corrected chi connectivity index (χ3v) is 3.77. The highest BCUT2D eigenvalue weighted by Crippen LogP contribution is 2.36. The summed E-state index contributed by atoms with van der Waals surface area (Å²) in [5.74, 6) is 0. The molecule has 2 rings (SSSR count). The summed E-state index contributed by atoms with van der Waals surface area (Å²) in [5.41, 5.74) is 0.290. The van der Waals surface area contributed by atoms with Crippen molar-refractivity contribution < 1.29 is 9.31 Å². The number of rotatable bonds is 3. The first-order valence-electron chi connectivity index (χ1n) is 6.74. The predicted octanol–water partition coefficient (Wildman–Crippen LogP) is 2.04. The summed E-state index contributed by atoms with van der Waals surface area (Å²) in [6.45, 7) is 17.2. The minimum atomic E-state index is -0.341. The van der Waals surface area contributed by atoms with Crippen molar-refractivity contribution in [3.8, 4) is 0 Å². The first kappa shape index (κ1) is 14.6. The maximum absolute atomic E-state index is 6.00. The van der Waals surface area contributed by atoms with Crippen LogP contribution in [0.25, 0.3) is 0 Å². The second-order valence-electron chi connectivity index (χ2n) is 7.22. The van der Waals surface area contributed by atoms with Crippen molar-refractivity contribution in [3.63, 3.8) is 0 Å². The van der Waals surface area contributed by atoms with Gasteiger partial charge in [0.2, 0.25) is 0 Å². The zero-order valence-corrected chi connectivity index (χ0v) is 12.9. The Labute approximate surface area is 116 Å². The minimum Gasteiger partial charge on any atom is -0.399 e. The van der Waals surface area contributed by atoms with E-state index in [1.54, 1.807) is 0 Å². The van der Waals surface area contributed by atoms with Crippen LogP contribution in [0.1, 0.15) is 41.5 Å². The van der Waals surface area contributed by atoms with Crippen molar-refractivity contribution in [2.45, 2.75) is 59.3 Å². The van der Waals surface area contributed by atoms with Gasteiger partial charge in [0, 0.05) is 24.4 Å². The van der Waals surface area contributed by atoms with Gasteiger partial charge in [-0.1, -0.05) is 13.8 Å². The highest BCUT2D eigenvalue weighted by molar-refractivity contribution is 6.61. The molecule has 1 aromatic rings. The summed E-state index contributed by atoms with van der Waals surface area (Å²) in [6, 6.07) is 0. The Morgan fingerprint density at radius 3 is 2.26 bits per heavy atom. The first-order valence-corrected chi connectivity index (χ1v) is 6.74. The van der Waals surface area contributed by atoms with E-state index in [9.17, 15) is 0 Å².